The van der Waals surface area contributed by atoms with E-state index >= 15 is 0 Å². The number of anilines is 2. The van der Waals surface area contributed by atoms with Crippen LogP contribution in [-0.4, -0.2) is 35.1 Å². The lowest BCUT2D eigenvalue weighted by molar-refractivity contribution is -0.118. The molecular weight excluding hydrogens is 358 g/mol. The third-order valence-corrected chi connectivity index (χ3v) is 5.06. The van der Waals surface area contributed by atoms with Gasteiger partial charge in [-0.25, -0.2) is 0 Å². The second-order valence-electron chi connectivity index (χ2n) is 7.30. The molecule has 0 aromatic heterocycles. The Balaban J connectivity index is 1.49. The lowest BCUT2D eigenvalue weighted by Gasteiger charge is -2.15. The molecule has 2 aliphatic heterocycles. The van der Waals surface area contributed by atoms with Crippen molar-refractivity contribution in [2.24, 2.45) is 5.92 Å². The molecule has 2 aliphatic rings. The fourth-order valence-electron chi connectivity index (χ4n) is 3.75. The largest absolute Gasteiger partial charge is 0.325 e. The van der Waals surface area contributed by atoms with Gasteiger partial charge in [0.05, 0.1) is 17.0 Å². The molecule has 4 amide bonds. The van der Waals surface area contributed by atoms with E-state index in [0.717, 1.165) is 16.2 Å². The van der Waals surface area contributed by atoms with E-state index in [4.69, 9.17) is 0 Å². The molecule has 7 nitrogen and oxygen atoms in total. The number of benzene rings is 2. The van der Waals surface area contributed by atoms with Crippen LogP contribution in [-0.2, 0) is 9.59 Å². The van der Waals surface area contributed by atoms with Gasteiger partial charge in [0, 0.05) is 11.4 Å². The first-order valence-corrected chi connectivity index (χ1v) is 9.06. The summed E-state index contributed by atoms with van der Waals surface area (Å²) in [5.41, 5.74) is 2.70. The zero-order valence-electron chi connectivity index (χ0n) is 15.5. The summed E-state index contributed by atoms with van der Waals surface area (Å²) in [6.07, 6.45) is 0. The molecule has 1 unspecified atom stereocenters. The van der Waals surface area contributed by atoms with Gasteiger partial charge in [0.25, 0.3) is 11.8 Å². The number of carbonyl (C=O) groups excluding carboxylic acids is 4. The van der Waals surface area contributed by atoms with Crippen molar-refractivity contribution in [1.29, 1.82) is 0 Å². The van der Waals surface area contributed by atoms with E-state index in [1.165, 1.54) is 0 Å². The first kappa shape index (κ1) is 17.9. The molecule has 0 fully saturated rings. The number of hydrogen-bond donors (Lipinski definition) is 2. The number of carbonyl (C=O) groups is 4. The summed E-state index contributed by atoms with van der Waals surface area (Å²) >= 11 is 0. The van der Waals surface area contributed by atoms with E-state index in [9.17, 15) is 19.2 Å². The van der Waals surface area contributed by atoms with Crippen molar-refractivity contribution in [2.45, 2.75) is 19.8 Å². The van der Waals surface area contributed by atoms with Crippen LogP contribution in [0.25, 0.3) is 0 Å². The van der Waals surface area contributed by atoms with Crippen molar-refractivity contribution >= 4 is 35.0 Å². The molecule has 0 spiro atoms. The normalized spacial score (nSPS) is 17.6. The predicted octanol–water partition coefficient (Wildman–Crippen LogP) is 2.61. The molecule has 2 aromatic rings. The summed E-state index contributed by atoms with van der Waals surface area (Å²) in [4.78, 5) is 50.3. The highest BCUT2D eigenvalue weighted by Crippen LogP contribution is 2.38. The summed E-state index contributed by atoms with van der Waals surface area (Å²) in [7, 11) is 0. The lowest BCUT2D eigenvalue weighted by atomic mass is 9.89. The number of fused-ring (bicyclic) bond motifs is 2. The van der Waals surface area contributed by atoms with Gasteiger partial charge in [-0.1, -0.05) is 26.0 Å². The van der Waals surface area contributed by atoms with Gasteiger partial charge in [-0.15, -0.1) is 0 Å². The van der Waals surface area contributed by atoms with Gasteiger partial charge in [0.15, 0.2) is 0 Å². The molecule has 0 saturated carbocycles. The Labute approximate surface area is 161 Å². The molecule has 0 aliphatic carbocycles. The van der Waals surface area contributed by atoms with Gasteiger partial charge >= 0.3 is 0 Å². The lowest BCUT2D eigenvalue weighted by Crippen LogP contribution is -2.37. The molecule has 0 bridgehead atoms. The van der Waals surface area contributed by atoms with Gasteiger partial charge in [-0.05, 0) is 41.8 Å². The first-order valence-electron chi connectivity index (χ1n) is 9.06. The minimum absolute atomic E-state index is 0.0560. The molecule has 28 heavy (non-hydrogen) atoms. The van der Waals surface area contributed by atoms with E-state index < -0.39 is 17.7 Å². The Morgan fingerprint density at radius 1 is 1.07 bits per heavy atom. The van der Waals surface area contributed by atoms with E-state index in [1.54, 1.807) is 42.5 Å². The minimum atomic E-state index is -0.479. The number of rotatable bonds is 4. The SMILES string of the molecule is CC(C)C1C(=O)Nc2ccc(NC(=O)CN3C(=O)c4ccccc4C3=O)cc21. The number of hydrogen-bond acceptors (Lipinski definition) is 4. The molecule has 7 heteroatoms. The highest BCUT2D eigenvalue weighted by molar-refractivity contribution is 6.22. The van der Waals surface area contributed by atoms with Gasteiger partial charge < -0.3 is 10.6 Å². The van der Waals surface area contributed by atoms with E-state index in [0.29, 0.717) is 16.8 Å². The highest BCUT2D eigenvalue weighted by Gasteiger charge is 2.36. The Hall–Kier alpha value is -3.48. The summed E-state index contributed by atoms with van der Waals surface area (Å²) in [6, 6.07) is 11.7. The van der Waals surface area contributed by atoms with Crippen LogP contribution in [0.1, 0.15) is 46.0 Å². The van der Waals surface area contributed by atoms with Crippen LogP contribution < -0.4 is 10.6 Å². The summed E-state index contributed by atoms with van der Waals surface area (Å²) in [5.74, 6) is -1.64. The van der Waals surface area contributed by atoms with Gasteiger partial charge in [-0.3, -0.25) is 24.1 Å². The maximum Gasteiger partial charge on any atom is 0.262 e. The monoisotopic (exact) mass is 377 g/mol. The Morgan fingerprint density at radius 3 is 2.32 bits per heavy atom. The molecule has 142 valence electrons. The summed E-state index contributed by atoms with van der Waals surface area (Å²) < 4.78 is 0. The number of nitrogens with one attached hydrogen (secondary N) is 2. The molecule has 4 rings (SSSR count). The molecule has 0 saturated heterocycles. The fraction of sp³-hybridized carbons (Fsp3) is 0.238. The average Bonchev–Trinajstić information content (AvgIpc) is 3.11. The fourth-order valence-corrected chi connectivity index (χ4v) is 3.75. The van der Waals surface area contributed by atoms with E-state index in [-0.39, 0.29) is 24.3 Å². The maximum absolute atomic E-state index is 12.5. The van der Waals surface area contributed by atoms with Crippen molar-refractivity contribution in [2.75, 3.05) is 17.2 Å². The number of amides is 4. The van der Waals surface area contributed by atoms with Crippen LogP contribution in [0.2, 0.25) is 0 Å². The molecule has 1 atom stereocenters. The second-order valence-corrected chi connectivity index (χ2v) is 7.30. The summed E-state index contributed by atoms with van der Waals surface area (Å²) in [6.45, 7) is 3.56. The predicted molar refractivity (Wildman–Crippen MR) is 103 cm³/mol. The summed E-state index contributed by atoms with van der Waals surface area (Å²) in [5, 5.41) is 5.56. The molecule has 2 aromatic carbocycles. The van der Waals surface area contributed by atoms with E-state index in [1.807, 2.05) is 13.8 Å². The van der Waals surface area contributed by atoms with Gasteiger partial charge in [0.1, 0.15) is 6.54 Å². The van der Waals surface area contributed by atoms with Gasteiger partial charge in [-0.2, -0.15) is 0 Å². The second kappa shape index (κ2) is 6.60. The Bertz CT molecular complexity index is 993. The van der Waals surface area contributed by atoms with Crippen LogP contribution in [0, 0.1) is 5.92 Å². The smallest absolute Gasteiger partial charge is 0.262 e. The van der Waals surface area contributed by atoms with Crippen molar-refractivity contribution in [3.63, 3.8) is 0 Å². The maximum atomic E-state index is 12.5. The molecule has 2 N–H and O–H groups in total. The topological polar surface area (TPSA) is 95.6 Å². The Kier molecular flexibility index (Phi) is 4.22. The van der Waals surface area contributed by atoms with Crippen LogP contribution >= 0.6 is 0 Å². The molecule has 2 heterocycles. The Morgan fingerprint density at radius 2 is 1.71 bits per heavy atom. The van der Waals surface area contributed by atoms with Crippen molar-refractivity contribution in [3.8, 4) is 0 Å². The van der Waals surface area contributed by atoms with Crippen molar-refractivity contribution in [1.82, 2.24) is 4.90 Å². The number of imide groups is 1. The third kappa shape index (κ3) is 2.85. The third-order valence-electron chi connectivity index (χ3n) is 5.06. The van der Waals surface area contributed by atoms with Crippen LogP contribution in [0.3, 0.4) is 0 Å². The minimum Gasteiger partial charge on any atom is -0.325 e. The zero-order valence-corrected chi connectivity index (χ0v) is 15.5. The van der Waals surface area contributed by atoms with Crippen molar-refractivity contribution in [3.05, 3.63) is 59.2 Å². The zero-order chi connectivity index (χ0) is 20.0. The van der Waals surface area contributed by atoms with Crippen LogP contribution in [0.4, 0.5) is 11.4 Å². The van der Waals surface area contributed by atoms with Crippen LogP contribution in [0.5, 0.6) is 0 Å². The first-order chi connectivity index (χ1) is 13.4. The average molecular weight is 377 g/mol. The van der Waals surface area contributed by atoms with E-state index in [2.05, 4.69) is 10.6 Å². The molecule has 0 radical (unpaired) electrons. The number of nitrogens with zero attached hydrogens (tertiary/aromatic N) is 1. The molecular formula is C21H19N3O4. The van der Waals surface area contributed by atoms with Crippen LogP contribution in [0.15, 0.2) is 42.5 Å². The highest BCUT2D eigenvalue weighted by atomic mass is 16.2. The van der Waals surface area contributed by atoms with Gasteiger partial charge in [0.2, 0.25) is 11.8 Å². The van der Waals surface area contributed by atoms with Crippen molar-refractivity contribution < 1.29 is 19.2 Å². The standard InChI is InChI=1S/C21H19N3O4/c1-11(2)18-15-9-12(7-8-16(15)23-19(18)26)22-17(25)10-24-20(27)13-5-3-4-6-14(13)21(24)28/h3-9,11,18H,10H2,1-2H3,(H,22,25)(H,23,26). The quantitative estimate of drug-likeness (QED) is 0.801.